The normalized spacial score (nSPS) is 13.2. The zero-order chi connectivity index (χ0) is 47.3. The molecule has 0 aromatic heterocycles. The summed E-state index contributed by atoms with van der Waals surface area (Å²) >= 11 is 0. The Hall–Kier alpha value is -8.52. The third kappa shape index (κ3) is 6.81. The van der Waals surface area contributed by atoms with Gasteiger partial charge < -0.3 is 4.90 Å². The van der Waals surface area contributed by atoms with Crippen molar-refractivity contribution in [2.75, 3.05) is 4.90 Å². The van der Waals surface area contributed by atoms with Crippen molar-refractivity contribution in [3.05, 3.63) is 295 Å². The van der Waals surface area contributed by atoms with Gasteiger partial charge in [0, 0.05) is 17.1 Å². The van der Waals surface area contributed by atoms with Crippen molar-refractivity contribution in [2.24, 2.45) is 0 Å². The van der Waals surface area contributed by atoms with Crippen LogP contribution in [0.5, 0.6) is 0 Å². The summed E-state index contributed by atoms with van der Waals surface area (Å²) in [6, 6.07) is 85.4. The second-order valence-corrected chi connectivity index (χ2v) is 17.0. The smallest absolute Gasteiger partial charge is 0.0714 e. The number of fused-ring (bicyclic) bond motifs is 4. The molecule has 1 heteroatoms. The highest BCUT2D eigenvalue weighted by atomic mass is 15.1. The molecule has 0 fully saturated rings. The fraction of sp³-hybridized carbons (Fsp3) is 0.0154. The Labute approximate surface area is 392 Å². The summed E-state index contributed by atoms with van der Waals surface area (Å²) in [4.78, 5) is 1.92. The van der Waals surface area contributed by atoms with Crippen LogP contribution in [0.2, 0.25) is 0 Å². The Morgan fingerprint density at radius 3 is 1.41 bits per heavy atom. The number of anilines is 3. The topological polar surface area (TPSA) is 3.24 Å². The van der Waals surface area contributed by atoms with E-state index in [2.05, 4.69) is 182 Å². The zero-order valence-corrected chi connectivity index (χ0v) is 36.1. The van der Waals surface area contributed by atoms with Crippen LogP contribution in [0.3, 0.4) is 0 Å². The first-order chi connectivity index (χ1) is 34.4. The van der Waals surface area contributed by atoms with E-state index in [0.717, 1.165) is 61.2 Å². The van der Waals surface area contributed by atoms with Gasteiger partial charge in [-0.3, -0.25) is 0 Å². The molecule has 11 aromatic carbocycles. The van der Waals surface area contributed by atoms with Crippen molar-refractivity contribution < 1.29 is 5.48 Å². The van der Waals surface area contributed by atoms with E-state index in [1.807, 2.05) is 71.6 Å². The first kappa shape index (κ1) is 34.9. The average molecular weight is 844 g/mol. The van der Waals surface area contributed by atoms with Gasteiger partial charge in [0.2, 0.25) is 0 Å². The molecule has 0 spiro atoms. The number of hydrogen-bond acceptors (Lipinski definition) is 1. The van der Waals surface area contributed by atoms with Gasteiger partial charge in [-0.25, -0.2) is 0 Å². The van der Waals surface area contributed by atoms with Gasteiger partial charge in [0.25, 0.3) is 0 Å². The maximum Gasteiger partial charge on any atom is 0.0714 e. The number of hydrogen-bond donors (Lipinski definition) is 0. The molecule has 11 aromatic rings. The van der Waals surface area contributed by atoms with E-state index in [1.54, 1.807) is 0 Å². The molecular weight excluding hydrogens is 795 g/mol. The van der Waals surface area contributed by atoms with Gasteiger partial charge in [-0.1, -0.05) is 218 Å². The third-order valence-electron chi connectivity index (χ3n) is 13.2. The van der Waals surface area contributed by atoms with Crippen LogP contribution in [0, 0.1) is 0 Å². The van der Waals surface area contributed by atoms with Crippen LogP contribution in [-0.4, -0.2) is 0 Å². The summed E-state index contributed by atoms with van der Waals surface area (Å²) in [5, 5.41) is 2.40. The SMILES string of the molecule is [2H]c1c([2H])c(N(c2ccc(-c3cccc(-c4ccc5ccccc5c4)c3)cc2)c2ccc3c(c2)C(c2ccccc2)(c2ccccc2)c2ccccc2-3)c([2H])c([2H])c1-c1cccc(-c2ccccc2)c1. The largest absolute Gasteiger partial charge is 0.310 e. The molecule has 0 aliphatic heterocycles. The minimum Gasteiger partial charge on any atom is -0.310 e. The van der Waals surface area contributed by atoms with Gasteiger partial charge in [-0.15, -0.1) is 0 Å². The van der Waals surface area contributed by atoms with E-state index in [9.17, 15) is 5.48 Å². The Balaban J connectivity index is 1.05. The predicted molar refractivity (Wildman–Crippen MR) is 278 cm³/mol. The molecule has 0 N–H and O–H groups in total. The van der Waals surface area contributed by atoms with Crippen molar-refractivity contribution in [1.29, 1.82) is 0 Å². The number of benzene rings is 11. The van der Waals surface area contributed by atoms with Crippen LogP contribution in [0.25, 0.3) is 66.4 Å². The molecule has 0 unspecified atom stereocenters. The van der Waals surface area contributed by atoms with Crippen LogP contribution in [0.4, 0.5) is 17.1 Å². The molecule has 0 saturated heterocycles. The van der Waals surface area contributed by atoms with E-state index in [-0.39, 0.29) is 35.4 Å². The highest BCUT2D eigenvalue weighted by Crippen LogP contribution is 2.57. The van der Waals surface area contributed by atoms with E-state index >= 15 is 0 Å². The molecular formula is C65H45N. The van der Waals surface area contributed by atoms with Crippen LogP contribution in [-0.2, 0) is 5.41 Å². The molecule has 0 radical (unpaired) electrons. The molecule has 0 heterocycles. The van der Waals surface area contributed by atoms with Crippen molar-refractivity contribution in [3.63, 3.8) is 0 Å². The van der Waals surface area contributed by atoms with Crippen LogP contribution in [0.1, 0.15) is 27.7 Å². The lowest BCUT2D eigenvalue weighted by atomic mass is 9.67. The van der Waals surface area contributed by atoms with Gasteiger partial charge in [0.1, 0.15) is 0 Å². The summed E-state index contributed by atoms with van der Waals surface area (Å²) in [7, 11) is 0. The van der Waals surface area contributed by atoms with E-state index in [0.29, 0.717) is 16.9 Å². The van der Waals surface area contributed by atoms with Gasteiger partial charge >= 0.3 is 0 Å². The molecule has 310 valence electrons. The Morgan fingerprint density at radius 1 is 0.273 bits per heavy atom. The molecule has 0 amide bonds. The van der Waals surface area contributed by atoms with Gasteiger partial charge in [-0.05, 0) is 143 Å². The standard InChI is InChI=1S/C65H45N/c1-4-16-46(17-5-1)51-20-14-21-52(42-51)48-32-36-58(37-33-48)66(59-38-34-49(35-39-59)53-22-15-23-54(43-53)55-31-30-47-18-10-11-19-50(47)44-55)60-40-41-62-61-28-12-13-29-63(61)65(64(62)45-60,56-24-6-2-7-25-56)57-26-8-3-9-27-57/h1-45H/i32D,33D,36D,37D. The summed E-state index contributed by atoms with van der Waals surface area (Å²) in [6.07, 6.45) is 0. The first-order valence-electron chi connectivity index (χ1n) is 24.5. The molecule has 66 heavy (non-hydrogen) atoms. The fourth-order valence-corrected chi connectivity index (χ4v) is 10.1. The van der Waals surface area contributed by atoms with E-state index in [1.165, 1.54) is 16.3 Å². The molecule has 0 bridgehead atoms. The number of rotatable bonds is 9. The van der Waals surface area contributed by atoms with Crippen LogP contribution < -0.4 is 4.90 Å². The molecule has 1 aliphatic rings. The molecule has 1 nitrogen and oxygen atoms in total. The highest BCUT2D eigenvalue weighted by Gasteiger charge is 2.46. The molecule has 12 rings (SSSR count). The highest BCUT2D eigenvalue weighted by molar-refractivity contribution is 5.91. The summed E-state index contributed by atoms with van der Waals surface area (Å²) in [5.74, 6) is 0. The average Bonchev–Trinajstić information content (AvgIpc) is 3.72. The molecule has 0 saturated carbocycles. The molecule has 1 aliphatic carbocycles. The quantitative estimate of drug-likeness (QED) is 0.140. The lowest BCUT2D eigenvalue weighted by molar-refractivity contribution is 0.768. The first-order valence-corrected chi connectivity index (χ1v) is 22.5. The minimum atomic E-state index is -0.696. The Kier molecular flexibility index (Phi) is 8.75. The van der Waals surface area contributed by atoms with Crippen LogP contribution >= 0.6 is 0 Å². The predicted octanol–water partition coefficient (Wildman–Crippen LogP) is 17.3. The summed E-state index contributed by atoms with van der Waals surface area (Å²) in [6.45, 7) is 0. The maximum atomic E-state index is 9.88. The maximum absolute atomic E-state index is 9.88. The number of nitrogens with zero attached hydrogens (tertiary/aromatic N) is 1. The monoisotopic (exact) mass is 843 g/mol. The second-order valence-electron chi connectivity index (χ2n) is 17.0. The lowest BCUT2D eigenvalue weighted by Crippen LogP contribution is -2.28. The van der Waals surface area contributed by atoms with Gasteiger partial charge in [-0.2, -0.15) is 0 Å². The minimum absolute atomic E-state index is 0.107. The van der Waals surface area contributed by atoms with Crippen molar-refractivity contribution in [2.45, 2.75) is 5.41 Å². The van der Waals surface area contributed by atoms with E-state index in [4.69, 9.17) is 0 Å². The summed E-state index contributed by atoms with van der Waals surface area (Å²) < 4.78 is 39.1. The van der Waals surface area contributed by atoms with Gasteiger partial charge in [0.15, 0.2) is 0 Å². The fourth-order valence-electron chi connectivity index (χ4n) is 10.1. The van der Waals surface area contributed by atoms with Gasteiger partial charge in [0.05, 0.1) is 10.9 Å². The Morgan fingerprint density at radius 2 is 0.742 bits per heavy atom. The van der Waals surface area contributed by atoms with Crippen molar-refractivity contribution >= 4 is 27.8 Å². The second kappa shape index (κ2) is 16.6. The Bertz CT molecular complexity index is 3690. The van der Waals surface area contributed by atoms with Crippen molar-refractivity contribution in [1.82, 2.24) is 0 Å². The van der Waals surface area contributed by atoms with E-state index < -0.39 is 5.41 Å². The van der Waals surface area contributed by atoms with Crippen LogP contribution in [0.15, 0.2) is 273 Å². The summed E-state index contributed by atoms with van der Waals surface area (Å²) in [5.41, 5.74) is 14.8. The zero-order valence-electron chi connectivity index (χ0n) is 40.1. The van der Waals surface area contributed by atoms with Crippen molar-refractivity contribution in [3.8, 4) is 55.6 Å². The molecule has 0 atom stereocenters. The lowest BCUT2D eigenvalue weighted by Gasteiger charge is -2.35. The third-order valence-corrected chi connectivity index (χ3v) is 13.2.